The highest BCUT2D eigenvalue weighted by Gasteiger charge is 2.15. The van der Waals surface area contributed by atoms with Crippen LogP contribution in [0.25, 0.3) is 11.2 Å². The van der Waals surface area contributed by atoms with Crippen molar-refractivity contribution in [3.63, 3.8) is 0 Å². The van der Waals surface area contributed by atoms with Gasteiger partial charge in [-0.1, -0.05) is 11.8 Å². The lowest BCUT2D eigenvalue weighted by atomic mass is 10.5. The van der Waals surface area contributed by atoms with Gasteiger partial charge in [0.05, 0.1) is 6.33 Å². The molecule has 2 aromatic rings. The summed E-state index contributed by atoms with van der Waals surface area (Å²) in [4.78, 5) is 11.3. The fourth-order valence-corrected chi connectivity index (χ4v) is 2.42. The largest absolute Gasteiger partial charge is 0.340 e. The number of aromatic nitrogens is 4. The summed E-state index contributed by atoms with van der Waals surface area (Å²) in [5, 5.41) is 8.78. The lowest BCUT2D eigenvalue weighted by Crippen LogP contribution is -2.20. The van der Waals surface area contributed by atoms with E-state index in [1.54, 1.807) is 18.1 Å². The molecule has 0 spiro atoms. The number of aromatic amines is 1. The second-order valence-electron chi connectivity index (χ2n) is 2.84. The van der Waals surface area contributed by atoms with Gasteiger partial charge < -0.3 is 9.55 Å². The molecule has 0 fully saturated rings. The Hall–Kier alpha value is -1.30. The maximum absolute atomic E-state index is 7.88. The average Bonchev–Trinajstić information content (AvgIpc) is 2.71. The van der Waals surface area contributed by atoms with Crippen LogP contribution in [0.2, 0.25) is 0 Å². The summed E-state index contributed by atoms with van der Waals surface area (Å²) in [7, 11) is 0. The molecule has 3 heterocycles. The topological polar surface area (TPSA) is 70.3 Å². The van der Waals surface area contributed by atoms with Gasteiger partial charge in [0.1, 0.15) is 5.52 Å². The van der Waals surface area contributed by atoms with E-state index in [9.17, 15) is 0 Å². The predicted octanol–water partition coefficient (Wildman–Crippen LogP) is 0.345. The normalized spacial score (nSPS) is 15.1. The molecule has 0 unspecified atom stereocenters. The van der Waals surface area contributed by atoms with Crippen LogP contribution in [0.15, 0.2) is 11.5 Å². The lowest BCUT2D eigenvalue weighted by molar-refractivity contribution is 0.647. The zero-order valence-corrected chi connectivity index (χ0v) is 7.56. The molecule has 2 N–H and O–H groups in total. The third-order valence-electron chi connectivity index (χ3n) is 2.10. The van der Waals surface area contributed by atoms with Crippen LogP contribution < -0.4 is 5.49 Å². The summed E-state index contributed by atoms with van der Waals surface area (Å²) in [6.07, 6.45) is 1.58. The molecule has 0 saturated carbocycles. The summed E-state index contributed by atoms with van der Waals surface area (Å²) in [6, 6.07) is 0. The third-order valence-corrected chi connectivity index (χ3v) is 3.06. The number of thioether (sulfide) groups is 1. The Morgan fingerprint density at radius 2 is 2.54 bits per heavy atom. The van der Waals surface area contributed by atoms with E-state index in [2.05, 4.69) is 15.0 Å². The third kappa shape index (κ3) is 0.859. The van der Waals surface area contributed by atoms with Crippen molar-refractivity contribution in [2.24, 2.45) is 0 Å². The molecular formula is C7H7N5S. The van der Waals surface area contributed by atoms with Crippen molar-refractivity contribution in [1.82, 2.24) is 19.5 Å². The Morgan fingerprint density at radius 1 is 1.62 bits per heavy atom. The molecule has 5 nitrogen and oxygen atoms in total. The molecule has 13 heavy (non-hydrogen) atoms. The second-order valence-corrected chi connectivity index (χ2v) is 3.91. The quantitative estimate of drug-likeness (QED) is 0.593. The van der Waals surface area contributed by atoms with Gasteiger partial charge in [0.15, 0.2) is 16.3 Å². The second kappa shape index (κ2) is 2.35. The standard InChI is InChI=1S/C7H7N5S/c8-5-4-6(10-3-9-4)11-7-12(5)1-2-13-7/h3,8H,1-2H2,(H,9,10). The highest BCUT2D eigenvalue weighted by atomic mass is 32.2. The molecule has 66 valence electrons. The number of hydrogen-bond acceptors (Lipinski definition) is 4. The van der Waals surface area contributed by atoms with E-state index in [0.29, 0.717) is 11.1 Å². The van der Waals surface area contributed by atoms with Gasteiger partial charge in [-0.3, -0.25) is 5.41 Å². The zero-order chi connectivity index (χ0) is 8.84. The van der Waals surface area contributed by atoms with Gasteiger partial charge in [-0.05, 0) is 0 Å². The fourth-order valence-electron chi connectivity index (χ4n) is 1.47. The number of hydrogen-bond donors (Lipinski definition) is 2. The molecule has 6 heteroatoms. The van der Waals surface area contributed by atoms with Crippen LogP contribution in [0, 0.1) is 5.41 Å². The zero-order valence-electron chi connectivity index (χ0n) is 6.74. The molecule has 1 aliphatic heterocycles. The van der Waals surface area contributed by atoms with E-state index < -0.39 is 0 Å². The maximum Gasteiger partial charge on any atom is 0.183 e. The van der Waals surface area contributed by atoms with Crippen molar-refractivity contribution in [2.75, 3.05) is 5.75 Å². The molecule has 0 radical (unpaired) electrons. The first-order valence-electron chi connectivity index (χ1n) is 3.97. The van der Waals surface area contributed by atoms with Gasteiger partial charge in [0.25, 0.3) is 0 Å². The van der Waals surface area contributed by atoms with Crippen LogP contribution in [0.5, 0.6) is 0 Å². The van der Waals surface area contributed by atoms with E-state index in [1.807, 2.05) is 4.57 Å². The number of imidazole rings is 1. The van der Waals surface area contributed by atoms with E-state index in [0.717, 1.165) is 23.0 Å². The minimum atomic E-state index is 0.488. The van der Waals surface area contributed by atoms with Crippen LogP contribution in [0.3, 0.4) is 0 Å². The van der Waals surface area contributed by atoms with E-state index >= 15 is 0 Å². The van der Waals surface area contributed by atoms with Crippen molar-refractivity contribution in [3.05, 3.63) is 11.8 Å². The summed E-state index contributed by atoms with van der Waals surface area (Å²) < 4.78 is 1.91. The Balaban J connectivity index is 2.53. The molecule has 0 bridgehead atoms. The van der Waals surface area contributed by atoms with Gasteiger partial charge >= 0.3 is 0 Å². The number of fused-ring (bicyclic) bond motifs is 2. The summed E-state index contributed by atoms with van der Waals surface area (Å²) >= 11 is 1.68. The van der Waals surface area contributed by atoms with Crippen molar-refractivity contribution in [3.8, 4) is 0 Å². The first-order valence-corrected chi connectivity index (χ1v) is 4.96. The highest BCUT2D eigenvalue weighted by molar-refractivity contribution is 7.99. The van der Waals surface area contributed by atoms with Gasteiger partial charge in [-0.15, -0.1) is 0 Å². The number of H-pyrrole nitrogens is 1. The average molecular weight is 193 g/mol. The smallest absolute Gasteiger partial charge is 0.183 e. The van der Waals surface area contributed by atoms with Gasteiger partial charge in [-0.2, -0.15) is 0 Å². The predicted molar refractivity (Wildman–Crippen MR) is 48.5 cm³/mol. The van der Waals surface area contributed by atoms with Gasteiger partial charge in [0, 0.05) is 12.3 Å². The van der Waals surface area contributed by atoms with E-state index in [-0.39, 0.29) is 0 Å². The summed E-state index contributed by atoms with van der Waals surface area (Å²) in [6.45, 7) is 0.876. The maximum atomic E-state index is 7.88. The molecule has 2 aromatic heterocycles. The Labute approximate surface area is 77.7 Å². The van der Waals surface area contributed by atoms with Gasteiger partial charge in [0.2, 0.25) is 0 Å². The number of nitrogens with one attached hydrogen (secondary N) is 2. The molecule has 3 rings (SSSR count). The molecule has 0 amide bonds. The number of rotatable bonds is 0. The first-order chi connectivity index (χ1) is 6.36. The van der Waals surface area contributed by atoms with Crippen LogP contribution in [-0.2, 0) is 6.54 Å². The van der Waals surface area contributed by atoms with Crippen LogP contribution in [0.1, 0.15) is 0 Å². The molecule has 0 aromatic carbocycles. The summed E-state index contributed by atoms with van der Waals surface area (Å²) in [5.41, 5.74) is 1.86. The number of nitrogens with zero attached hydrogens (tertiary/aromatic N) is 3. The van der Waals surface area contributed by atoms with Crippen LogP contribution in [-0.4, -0.2) is 25.3 Å². The van der Waals surface area contributed by atoms with E-state index in [1.165, 1.54) is 0 Å². The molecule has 0 atom stereocenters. The van der Waals surface area contributed by atoms with E-state index in [4.69, 9.17) is 5.41 Å². The molecule has 1 aliphatic rings. The van der Waals surface area contributed by atoms with Crippen molar-refractivity contribution in [2.45, 2.75) is 11.7 Å². The Morgan fingerprint density at radius 3 is 3.46 bits per heavy atom. The Bertz CT molecular complexity index is 525. The van der Waals surface area contributed by atoms with Crippen molar-refractivity contribution < 1.29 is 0 Å². The highest BCUT2D eigenvalue weighted by Crippen LogP contribution is 2.21. The van der Waals surface area contributed by atoms with Crippen molar-refractivity contribution >= 4 is 22.9 Å². The lowest BCUT2D eigenvalue weighted by Gasteiger charge is -2.00. The SMILES string of the molecule is N=c1c2[nH]cnc2nc2n1CCS2. The molecular weight excluding hydrogens is 186 g/mol. The van der Waals surface area contributed by atoms with Crippen LogP contribution in [0.4, 0.5) is 0 Å². The minimum Gasteiger partial charge on any atom is -0.340 e. The molecule has 0 saturated heterocycles. The minimum absolute atomic E-state index is 0.488. The Kier molecular flexibility index (Phi) is 1.29. The molecule has 0 aliphatic carbocycles. The van der Waals surface area contributed by atoms with Crippen molar-refractivity contribution in [1.29, 1.82) is 5.41 Å². The fraction of sp³-hybridized carbons (Fsp3) is 0.286. The first kappa shape index (κ1) is 7.14. The van der Waals surface area contributed by atoms with Gasteiger partial charge in [-0.25, -0.2) is 9.97 Å². The summed E-state index contributed by atoms with van der Waals surface area (Å²) in [5.74, 6) is 1.01. The van der Waals surface area contributed by atoms with Crippen LogP contribution >= 0.6 is 11.8 Å². The monoisotopic (exact) mass is 193 g/mol.